The number of hydrogen-bond acceptors (Lipinski definition) is 5. The van der Waals surface area contributed by atoms with Gasteiger partial charge >= 0.3 is 0 Å². The predicted octanol–water partition coefficient (Wildman–Crippen LogP) is 5.58. The smallest absolute Gasteiger partial charge is 0.278 e. The number of halogens is 1. The monoisotopic (exact) mass is 487 g/mol. The second kappa shape index (κ2) is 10.3. The number of benzene rings is 3. The van der Waals surface area contributed by atoms with Gasteiger partial charge in [-0.25, -0.2) is 8.42 Å². The van der Waals surface area contributed by atoms with E-state index in [0.29, 0.717) is 21.7 Å². The third-order valence-corrected chi connectivity index (χ3v) is 7.16. The maximum Gasteiger partial charge on any atom is 0.278 e. The zero-order valence-electron chi connectivity index (χ0n) is 18.9. The molecule has 0 fully saturated rings. The molecule has 0 heterocycles. The molecule has 6 nitrogen and oxygen atoms in total. The SMILES string of the molecule is COc1ccc(N(C(=O)COc2ccc(C(C)C)c(C)c2)S(=O)(=O)c2ccccc2)cc1Cl. The van der Waals surface area contributed by atoms with Crippen molar-refractivity contribution in [1.29, 1.82) is 0 Å². The largest absolute Gasteiger partial charge is 0.495 e. The standard InChI is InChI=1S/C25H26ClNO5S/c1-17(2)22-12-11-20(14-18(22)3)32-16-25(28)27(19-10-13-24(31-4)23(26)15-19)33(29,30)21-8-6-5-7-9-21/h5-15,17H,16H2,1-4H3. The van der Waals surface area contributed by atoms with E-state index in [4.69, 9.17) is 21.1 Å². The van der Waals surface area contributed by atoms with Gasteiger partial charge in [-0.05, 0) is 66.4 Å². The van der Waals surface area contributed by atoms with Gasteiger partial charge in [-0.15, -0.1) is 0 Å². The van der Waals surface area contributed by atoms with Gasteiger partial charge in [0.15, 0.2) is 6.61 Å². The molecule has 33 heavy (non-hydrogen) atoms. The molecule has 0 radical (unpaired) electrons. The maximum atomic E-state index is 13.4. The molecule has 3 rings (SSSR count). The van der Waals surface area contributed by atoms with E-state index in [-0.39, 0.29) is 15.6 Å². The van der Waals surface area contributed by atoms with Crippen molar-refractivity contribution in [3.8, 4) is 11.5 Å². The van der Waals surface area contributed by atoms with Gasteiger partial charge in [0.1, 0.15) is 11.5 Å². The van der Waals surface area contributed by atoms with Crippen LogP contribution < -0.4 is 13.8 Å². The highest BCUT2D eigenvalue weighted by Gasteiger charge is 2.31. The number of amides is 1. The topological polar surface area (TPSA) is 72.9 Å². The Labute approximate surface area is 199 Å². The van der Waals surface area contributed by atoms with E-state index < -0.39 is 22.5 Å². The van der Waals surface area contributed by atoms with Crippen molar-refractivity contribution >= 4 is 33.2 Å². The molecule has 0 saturated heterocycles. The number of aryl methyl sites for hydroxylation is 1. The summed E-state index contributed by atoms with van der Waals surface area (Å²) in [4.78, 5) is 13.2. The van der Waals surface area contributed by atoms with Crippen LogP contribution in [0.15, 0.2) is 71.6 Å². The highest BCUT2D eigenvalue weighted by molar-refractivity contribution is 7.93. The average Bonchev–Trinajstić information content (AvgIpc) is 2.78. The normalized spacial score (nSPS) is 11.3. The molecule has 0 atom stereocenters. The van der Waals surface area contributed by atoms with Crippen molar-refractivity contribution in [3.63, 3.8) is 0 Å². The van der Waals surface area contributed by atoms with Crippen LogP contribution in [0.4, 0.5) is 5.69 Å². The zero-order valence-corrected chi connectivity index (χ0v) is 20.5. The van der Waals surface area contributed by atoms with Crippen LogP contribution in [0.25, 0.3) is 0 Å². The number of nitrogens with zero attached hydrogens (tertiary/aromatic N) is 1. The first-order chi connectivity index (χ1) is 15.6. The van der Waals surface area contributed by atoms with Crippen LogP contribution >= 0.6 is 11.6 Å². The molecule has 0 N–H and O–H groups in total. The summed E-state index contributed by atoms with van der Waals surface area (Å²) in [5.41, 5.74) is 2.30. The molecular formula is C25H26ClNO5S. The Kier molecular flexibility index (Phi) is 7.66. The van der Waals surface area contributed by atoms with Crippen molar-refractivity contribution in [2.75, 3.05) is 18.0 Å². The molecule has 0 bridgehead atoms. The third-order valence-electron chi connectivity index (χ3n) is 5.10. The lowest BCUT2D eigenvalue weighted by Crippen LogP contribution is -2.40. The number of carbonyl (C=O) groups excluding carboxylic acids is 1. The first-order valence-electron chi connectivity index (χ1n) is 10.3. The molecule has 0 aliphatic heterocycles. The van der Waals surface area contributed by atoms with E-state index in [9.17, 15) is 13.2 Å². The minimum Gasteiger partial charge on any atom is -0.495 e. The number of sulfonamides is 1. The molecule has 3 aromatic carbocycles. The zero-order chi connectivity index (χ0) is 24.2. The number of carbonyl (C=O) groups is 1. The van der Waals surface area contributed by atoms with Crippen molar-refractivity contribution in [2.24, 2.45) is 0 Å². The molecular weight excluding hydrogens is 462 g/mol. The maximum absolute atomic E-state index is 13.4. The Morgan fingerprint density at radius 2 is 1.73 bits per heavy atom. The lowest BCUT2D eigenvalue weighted by Gasteiger charge is -2.23. The van der Waals surface area contributed by atoms with Gasteiger partial charge in [-0.2, -0.15) is 4.31 Å². The van der Waals surface area contributed by atoms with E-state index in [1.165, 1.54) is 43.0 Å². The average molecular weight is 488 g/mol. The van der Waals surface area contributed by atoms with Crippen LogP contribution in [0, 0.1) is 6.92 Å². The van der Waals surface area contributed by atoms with Gasteiger partial charge in [-0.1, -0.05) is 49.7 Å². The molecule has 0 saturated carbocycles. The fourth-order valence-electron chi connectivity index (χ4n) is 3.49. The van der Waals surface area contributed by atoms with E-state index >= 15 is 0 Å². The number of methoxy groups -OCH3 is 1. The summed E-state index contributed by atoms with van der Waals surface area (Å²) >= 11 is 6.22. The summed E-state index contributed by atoms with van der Waals surface area (Å²) in [5, 5.41) is 0.178. The Balaban J connectivity index is 1.95. The van der Waals surface area contributed by atoms with Crippen molar-refractivity contribution < 1.29 is 22.7 Å². The van der Waals surface area contributed by atoms with Gasteiger partial charge in [0, 0.05) is 0 Å². The lowest BCUT2D eigenvalue weighted by atomic mass is 9.98. The molecule has 0 unspecified atom stereocenters. The molecule has 174 valence electrons. The summed E-state index contributed by atoms with van der Waals surface area (Å²) in [7, 11) is -2.77. The molecule has 8 heteroatoms. The summed E-state index contributed by atoms with van der Waals surface area (Å²) in [6.45, 7) is 5.68. The van der Waals surface area contributed by atoms with Crippen LogP contribution in [-0.2, 0) is 14.8 Å². The van der Waals surface area contributed by atoms with Gasteiger partial charge in [0.05, 0.1) is 22.7 Å². The quantitative estimate of drug-likeness (QED) is 0.414. The van der Waals surface area contributed by atoms with Gasteiger partial charge in [0.25, 0.3) is 15.9 Å². The highest BCUT2D eigenvalue weighted by Crippen LogP contribution is 2.32. The number of ether oxygens (including phenoxy) is 2. The summed E-state index contributed by atoms with van der Waals surface area (Å²) in [6.07, 6.45) is 0. The van der Waals surface area contributed by atoms with Crippen LogP contribution in [0.5, 0.6) is 11.5 Å². The van der Waals surface area contributed by atoms with Crippen LogP contribution in [0.1, 0.15) is 30.9 Å². The Morgan fingerprint density at radius 1 is 1.03 bits per heavy atom. The fourth-order valence-corrected chi connectivity index (χ4v) is 5.16. The number of rotatable bonds is 8. The lowest BCUT2D eigenvalue weighted by molar-refractivity contribution is -0.119. The van der Waals surface area contributed by atoms with Gasteiger partial charge in [0.2, 0.25) is 0 Å². The van der Waals surface area contributed by atoms with Gasteiger partial charge in [-0.3, -0.25) is 4.79 Å². The van der Waals surface area contributed by atoms with Crippen molar-refractivity contribution in [2.45, 2.75) is 31.6 Å². The summed E-state index contributed by atoms with van der Waals surface area (Å²) < 4.78 is 38.3. The second-order valence-corrected chi connectivity index (χ2v) is 9.95. The number of anilines is 1. The Bertz CT molecular complexity index is 1240. The molecule has 0 aromatic heterocycles. The molecule has 3 aromatic rings. The van der Waals surface area contributed by atoms with Crippen molar-refractivity contribution in [3.05, 3.63) is 82.9 Å². The van der Waals surface area contributed by atoms with E-state index in [1.54, 1.807) is 24.3 Å². The molecule has 0 spiro atoms. The first kappa shape index (κ1) is 24.6. The van der Waals surface area contributed by atoms with E-state index in [2.05, 4.69) is 13.8 Å². The molecule has 0 aliphatic carbocycles. The van der Waals surface area contributed by atoms with Crippen molar-refractivity contribution in [1.82, 2.24) is 0 Å². The second-order valence-electron chi connectivity index (χ2n) is 7.76. The minimum absolute atomic E-state index is 0.0255. The third kappa shape index (κ3) is 5.49. The first-order valence-corrected chi connectivity index (χ1v) is 12.2. The Hall–Kier alpha value is -3.03. The number of hydrogen-bond donors (Lipinski definition) is 0. The van der Waals surface area contributed by atoms with Crippen LogP contribution in [0.3, 0.4) is 0 Å². The van der Waals surface area contributed by atoms with Gasteiger partial charge < -0.3 is 9.47 Å². The Morgan fingerprint density at radius 3 is 2.30 bits per heavy atom. The fraction of sp³-hybridized carbons (Fsp3) is 0.240. The summed E-state index contributed by atoms with van der Waals surface area (Å²) in [6, 6.07) is 17.6. The molecule has 0 aliphatic rings. The van der Waals surface area contributed by atoms with Crippen LogP contribution in [-0.4, -0.2) is 28.0 Å². The molecule has 1 amide bonds. The van der Waals surface area contributed by atoms with Crippen LogP contribution in [0.2, 0.25) is 5.02 Å². The predicted molar refractivity (Wildman–Crippen MR) is 130 cm³/mol. The van der Waals surface area contributed by atoms with E-state index in [0.717, 1.165) is 5.56 Å². The summed E-state index contributed by atoms with van der Waals surface area (Å²) in [5.74, 6) is 0.439. The minimum atomic E-state index is -4.22. The van der Waals surface area contributed by atoms with E-state index in [1.807, 2.05) is 19.1 Å². The highest BCUT2D eigenvalue weighted by atomic mass is 35.5.